The van der Waals surface area contributed by atoms with Crippen LogP contribution < -0.4 is 5.73 Å². The van der Waals surface area contributed by atoms with Gasteiger partial charge in [-0.3, -0.25) is 25.0 Å². The minimum atomic E-state index is -0.813. The van der Waals surface area contributed by atoms with Gasteiger partial charge < -0.3 is 10.5 Å². The third kappa shape index (κ3) is 5.83. The van der Waals surface area contributed by atoms with Crippen molar-refractivity contribution in [1.29, 1.82) is 0 Å². The predicted molar refractivity (Wildman–Crippen MR) is 92.7 cm³/mol. The lowest BCUT2D eigenvalue weighted by Crippen LogP contribution is -2.05. The molecule has 14 heteroatoms. The molecule has 0 fully saturated rings. The van der Waals surface area contributed by atoms with Crippen LogP contribution in [-0.2, 0) is 4.74 Å². The lowest BCUT2D eigenvalue weighted by atomic mass is 10.2. The molecule has 2 rings (SSSR count). The molecule has 2 aromatic heterocycles. The molecule has 0 saturated carbocycles. The standard InChI is InChI=1S/C7H7N3O4.C6H2Cl2N2O3/c1-14-7(11)4-2-5(10(12)13)6(8)9-3-4;7-5-4(10(12)13)1-3(2-9-5)6(8)11/h2-3H,1H3,(H2,8,9);1-2H. The summed E-state index contributed by atoms with van der Waals surface area (Å²) >= 11 is 10.5. The second-order valence-corrected chi connectivity index (χ2v) is 5.14. The number of nitro groups is 2. The van der Waals surface area contributed by atoms with E-state index in [0.717, 1.165) is 24.5 Å². The van der Waals surface area contributed by atoms with Gasteiger partial charge in [-0.2, -0.15) is 0 Å². The number of aromatic nitrogens is 2. The van der Waals surface area contributed by atoms with Crippen molar-refractivity contribution in [2.24, 2.45) is 0 Å². The van der Waals surface area contributed by atoms with Crippen LogP contribution in [0.1, 0.15) is 20.7 Å². The Labute approximate surface area is 160 Å². The predicted octanol–water partition coefficient (Wildman–Crippen LogP) is 2.38. The zero-order chi connectivity index (χ0) is 20.7. The molecule has 0 radical (unpaired) electrons. The van der Waals surface area contributed by atoms with Crippen molar-refractivity contribution in [3.8, 4) is 0 Å². The number of ether oxygens (including phenoxy) is 1. The van der Waals surface area contributed by atoms with Crippen LogP contribution in [0.2, 0.25) is 5.15 Å². The number of esters is 1. The average Bonchev–Trinajstić information content (AvgIpc) is 2.61. The number of hydrogen-bond donors (Lipinski definition) is 1. The zero-order valence-electron chi connectivity index (χ0n) is 13.3. The average molecular weight is 418 g/mol. The van der Waals surface area contributed by atoms with Crippen molar-refractivity contribution in [3.05, 3.63) is 61.0 Å². The summed E-state index contributed by atoms with van der Waals surface area (Å²) in [5.41, 5.74) is 4.32. The molecule has 0 aliphatic rings. The highest BCUT2D eigenvalue weighted by atomic mass is 35.5. The third-order valence-corrected chi connectivity index (χ3v) is 3.27. The number of halogens is 2. The summed E-state index contributed by atoms with van der Waals surface area (Å²) in [4.78, 5) is 47.8. The van der Waals surface area contributed by atoms with Gasteiger partial charge in [-0.1, -0.05) is 11.6 Å². The maximum Gasteiger partial charge on any atom is 0.339 e. The first kappa shape index (κ1) is 21.7. The fourth-order valence-corrected chi connectivity index (χ4v) is 1.79. The number of methoxy groups -OCH3 is 1. The molecular formula is C13H9Cl2N5O7. The topological polar surface area (TPSA) is 181 Å². The van der Waals surface area contributed by atoms with Crippen molar-refractivity contribution in [1.82, 2.24) is 9.97 Å². The molecule has 0 saturated heterocycles. The first-order valence-corrected chi connectivity index (χ1v) is 7.32. The molecule has 2 heterocycles. The Bertz CT molecular complexity index is 922. The van der Waals surface area contributed by atoms with Gasteiger partial charge in [-0.25, -0.2) is 14.8 Å². The lowest BCUT2D eigenvalue weighted by Gasteiger charge is -1.99. The van der Waals surface area contributed by atoms with Crippen LogP contribution in [0.4, 0.5) is 17.2 Å². The normalized spacial score (nSPS) is 9.59. The summed E-state index contributed by atoms with van der Waals surface area (Å²) < 4.78 is 4.37. The number of nitrogens with zero attached hydrogens (tertiary/aromatic N) is 4. The van der Waals surface area contributed by atoms with Gasteiger partial charge in [-0.05, 0) is 11.6 Å². The molecule has 142 valence electrons. The van der Waals surface area contributed by atoms with Crippen LogP contribution in [0.3, 0.4) is 0 Å². The largest absolute Gasteiger partial charge is 0.465 e. The third-order valence-electron chi connectivity index (χ3n) is 2.76. The van der Waals surface area contributed by atoms with Crippen molar-refractivity contribution in [2.45, 2.75) is 0 Å². The molecule has 12 nitrogen and oxygen atoms in total. The smallest absolute Gasteiger partial charge is 0.339 e. The second-order valence-electron chi connectivity index (χ2n) is 4.44. The molecule has 27 heavy (non-hydrogen) atoms. The molecule has 2 aromatic rings. The lowest BCUT2D eigenvalue weighted by molar-refractivity contribution is -0.385. The summed E-state index contributed by atoms with van der Waals surface area (Å²) in [5.74, 6) is -0.928. The van der Waals surface area contributed by atoms with Gasteiger partial charge in [0.25, 0.3) is 5.24 Å². The fourth-order valence-electron chi connectivity index (χ4n) is 1.51. The molecule has 0 spiro atoms. The number of carbonyl (C=O) groups is 2. The molecule has 0 atom stereocenters. The van der Waals surface area contributed by atoms with E-state index in [-0.39, 0.29) is 22.1 Å². The molecule has 0 amide bonds. The van der Waals surface area contributed by atoms with Crippen molar-refractivity contribution in [3.63, 3.8) is 0 Å². The summed E-state index contributed by atoms with van der Waals surface area (Å²) in [7, 11) is 1.17. The molecule has 0 bridgehead atoms. The monoisotopic (exact) mass is 417 g/mol. The van der Waals surface area contributed by atoms with E-state index in [1.165, 1.54) is 7.11 Å². The van der Waals surface area contributed by atoms with E-state index in [4.69, 9.17) is 28.9 Å². The van der Waals surface area contributed by atoms with Crippen molar-refractivity contribution in [2.75, 3.05) is 12.8 Å². The van der Waals surface area contributed by atoms with E-state index in [2.05, 4.69) is 14.7 Å². The number of nitrogens with two attached hydrogens (primary N) is 1. The Morgan fingerprint density at radius 2 is 1.59 bits per heavy atom. The van der Waals surface area contributed by atoms with Crippen molar-refractivity contribution >= 4 is 51.6 Å². The number of pyridine rings is 2. The number of rotatable bonds is 4. The van der Waals surface area contributed by atoms with E-state index < -0.39 is 32.4 Å². The second kappa shape index (κ2) is 9.35. The summed E-state index contributed by atoms with van der Waals surface area (Å²) in [6.45, 7) is 0. The van der Waals surface area contributed by atoms with Crippen LogP contribution in [0.5, 0.6) is 0 Å². The van der Waals surface area contributed by atoms with Crippen LogP contribution in [0.25, 0.3) is 0 Å². The van der Waals surface area contributed by atoms with Gasteiger partial charge in [0.2, 0.25) is 11.0 Å². The first-order valence-electron chi connectivity index (χ1n) is 6.56. The first-order chi connectivity index (χ1) is 12.6. The Kier molecular flexibility index (Phi) is 7.50. The summed E-state index contributed by atoms with van der Waals surface area (Å²) in [6, 6.07) is 2.00. The highest BCUT2D eigenvalue weighted by molar-refractivity contribution is 6.67. The van der Waals surface area contributed by atoms with Gasteiger partial charge in [0, 0.05) is 24.5 Å². The fraction of sp³-hybridized carbons (Fsp3) is 0.0769. The van der Waals surface area contributed by atoms with E-state index in [1.807, 2.05) is 0 Å². The maximum atomic E-state index is 11.0. The van der Waals surface area contributed by atoms with E-state index >= 15 is 0 Å². The van der Waals surface area contributed by atoms with Crippen LogP contribution in [-0.4, -0.2) is 38.1 Å². The molecule has 0 aromatic carbocycles. The van der Waals surface area contributed by atoms with Gasteiger partial charge in [0.15, 0.2) is 0 Å². The van der Waals surface area contributed by atoms with Crippen LogP contribution in [0.15, 0.2) is 24.5 Å². The molecule has 2 N–H and O–H groups in total. The van der Waals surface area contributed by atoms with Gasteiger partial charge in [-0.15, -0.1) is 0 Å². The Hall–Kier alpha value is -3.38. The molecule has 0 aliphatic heterocycles. The van der Waals surface area contributed by atoms with E-state index in [9.17, 15) is 29.8 Å². The highest BCUT2D eigenvalue weighted by Crippen LogP contribution is 2.23. The minimum Gasteiger partial charge on any atom is -0.465 e. The summed E-state index contributed by atoms with van der Waals surface area (Å²) in [6.07, 6.45) is 2.19. The molecular weight excluding hydrogens is 409 g/mol. The summed E-state index contributed by atoms with van der Waals surface area (Å²) in [5, 5.41) is 19.7. The Morgan fingerprint density at radius 3 is 2.07 bits per heavy atom. The van der Waals surface area contributed by atoms with Crippen LogP contribution >= 0.6 is 23.2 Å². The number of hydrogen-bond acceptors (Lipinski definition) is 10. The maximum absolute atomic E-state index is 11.0. The van der Waals surface area contributed by atoms with E-state index in [0.29, 0.717) is 0 Å². The molecule has 0 aliphatic carbocycles. The minimum absolute atomic E-state index is 0.00611. The Balaban J connectivity index is 0.000000271. The molecule has 0 unspecified atom stereocenters. The number of nitrogen functional groups attached to an aromatic ring is 1. The van der Waals surface area contributed by atoms with E-state index in [1.54, 1.807) is 0 Å². The van der Waals surface area contributed by atoms with Gasteiger partial charge >= 0.3 is 17.3 Å². The SMILES string of the molecule is COC(=O)c1cnc(N)c([N+](=O)[O-])c1.O=C(Cl)c1cnc(Cl)c([N+](=O)[O-])c1. The zero-order valence-corrected chi connectivity index (χ0v) is 14.8. The highest BCUT2D eigenvalue weighted by Gasteiger charge is 2.17. The number of carbonyl (C=O) groups excluding carboxylic acids is 2. The number of anilines is 1. The quantitative estimate of drug-likeness (QED) is 0.254. The van der Waals surface area contributed by atoms with Crippen LogP contribution in [0, 0.1) is 20.2 Å². The van der Waals surface area contributed by atoms with Gasteiger partial charge in [0.05, 0.1) is 28.1 Å². The van der Waals surface area contributed by atoms with Crippen molar-refractivity contribution < 1.29 is 24.2 Å². The Morgan fingerprint density at radius 1 is 1.07 bits per heavy atom. The van der Waals surface area contributed by atoms with Gasteiger partial charge in [0.1, 0.15) is 0 Å².